The highest BCUT2D eigenvalue weighted by Gasteiger charge is 2.11. The van der Waals surface area contributed by atoms with Crippen LogP contribution < -0.4 is 5.32 Å². The minimum Gasteiger partial charge on any atom is -0.323 e. The fourth-order valence-corrected chi connectivity index (χ4v) is 2.08. The lowest BCUT2D eigenvalue weighted by atomic mass is 10.0. The number of hydrogen-bond acceptors (Lipinski definition) is 2. The van der Waals surface area contributed by atoms with Crippen molar-refractivity contribution in [3.05, 3.63) is 46.3 Å². The summed E-state index contributed by atoms with van der Waals surface area (Å²) in [6, 6.07) is 6.16. The van der Waals surface area contributed by atoms with E-state index in [4.69, 9.17) is 0 Å². The predicted octanol–water partition coefficient (Wildman–Crippen LogP) is 2.82. The van der Waals surface area contributed by atoms with Crippen LogP contribution in [0.4, 0.5) is 5.69 Å². The molecule has 100 valence electrons. The van der Waals surface area contributed by atoms with Crippen molar-refractivity contribution in [1.29, 1.82) is 0 Å². The van der Waals surface area contributed by atoms with Gasteiger partial charge in [0.1, 0.15) is 0 Å². The van der Waals surface area contributed by atoms with Crippen LogP contribution in [0.3, 0.4) is 0 Å². The van der Waals surface area contributed by atoms with Gasteiger partial charge in [-0.15, -0.1) is 0 Å². The Morgan fingerprint density at radius 2 is 2.00 bits per heavy atom. The van der Waals surface area contributed by atoms with Crippen LogP contribution in [0.1, 0.15) is 28.1 Å². The van der Waals surface area contributed by atoms with Crippen molar-refractivity contribution in [1.82, 2.24) is 10.2 Å². The number of anilines is 1. The average Bonchev–Trinajstić information content (AvgIpc) is 2.65. The molecular formula is C15H19N3O. The van der Waals surface area contributed by atoms with Gasteiger partial charge in [0.25, 0.3) is 0 Å². The molecule has 19 heavy (non-hydrogen) atoms. The van der Waals surface area contributed by atoms with Crippen molar-refractivity contribution in [3.63, 3.8) is 0 Å². The Kier molecular flexibility index (Phi) is 3.69. The highest BCUT2D eigenvalue weighted by Crippen LogP contribution is 2.17. The molecule has 0 aliphatic heterocycles. The lowest BCUT2D eigenvalue weighted by molar-refractivity contribution is -0.115. The van der Waals surface area contributed by atoms with Crippen molar-refractivity contribution in [2.75, 3.05) is 5.32 Å². The van der Waals surface area contributed by atoms with Crippen molar-refractivity contribution in [2.45, 2.75) is 34.1 Å². The molecule has 1 heterocycles. The van der Waals surface area contributed by atoms with E-state index < -0.39 is 0 Å². The summed E-state index contributed by atoms with van der Waals surface area (Å²) in [4.78, 5) is 12.1. The van der Waals surface area contributed by atoms with E-state index in [9.17, 15) is 4.79 Å². The third kappa shape index (κ3) is 3.02. The fourth-order valence-electron chi connectivity index (χ4n) is 2.08. The smallest absolute Gasteiger partial charge is 0.228 e. The van der Waals surface area contributed by atoms with E-state index in [1.165, 1.54) is 5.56 Å². The normalized spacial score (nSPS) is 10.5. The van der Waals surface area contributed by atoms with Crippen LogP contribution in [0, 0.1) is 27.7 Å². The number of hydrogen-bond donors (Lipinski definition) is 2. The summed E-state index contributed by atoms with van der Waals surface area (Å²) in [6.45, 7) is 7.83. The number of aromatic nitrogens is 2. The molecule has 1 amide bonds. The Bertz CT molecular complexity index is 594. The highest BCUT2D eigenvalue weighted by molar-refractivity contribution is 5.93. The second-order valence-electron chi connectivity index (χ2n) is 4.96. The molecule has 2 aromatic rings. The number of carbonyl (C=O) groups is 1. The van der Waals surface area contributed by atoms with Crippen molar-refractivity contribution < 1.29 is 4.79 Å². The van der Waals surface area contributed by atoms with Gasteiger partial charge in [0.2, 0.25) is 5.91 Å². The lowest BCUT2D eigenvalue weighted by Gasteiger charge is -2.08. The van der Waals surface area contributed by atoms with Gasteiger partial charge in [-0.1, -0.05) is 23.8 Å². The number of nitrogens with zero attached hydrogens (tertiary/aromatic N) is 1. The number of benzene rings is 1. The number of amides is 1. The molecule has 0 fully saturated rings. The molecular weight excluding hydrogens is 238 g/mol. The Hall–Kier alpha value is -2.10. The number of nitrogens with one attached hydrogen (secondary N) is 2. The molecule has 0 saturated carbocycles. The van der Waals surface area contributed by atoms with Gasteiger partial charge < -0.3 is 5.32 Å². The molecule has 0 aliphatic rings. The Morgan fingerprint density at radius 3 is 2.63 bits per heavy atom. The van der Waals surface area contributed by atoms with Gasteiger partial charge >= 0.3 is 0 Å². The van der Waals surface area contributed by atoms with E-state index in [1.54, 1.807) is 0 Å². The molecule has 0 saturated heterocycles. The minimum absolute atomic E-state index is 0.0127. The summed E-state index contributed by atoms with van der Waals surface area (Å²) in [7, 11) is 0. The largest absolute Gasteiger partial charge is 0.323 e. The molecule has 0 atom stereocenters. The molecule has 2 N–H and O–H groups in total. The quantitative estimate of drug-likeness (QED) is 0.888. The first-order chi connectivity index (χ1) is 8.97. The topological polar surface area (TPSA) is 57.8 Å². The summed E-state index contributed by atoms with van der Waals surface area (Å²) < 4.78 is 0. The number of carbonyl (C=O) groups excluding carboxylic acids is 1. The van der Waals surface area contributed by atoms with E-state index in [2.05, 4.69) is 27.6 Å². The zero-order valence-electron chi connectivity index (χ0n) is 11.8. The van der Waals surface area contributed by atoms with Gasteiger partial charge in [-0.2, -0.15) is 5.10 Å². The standard InChI is InChI=1S/C15H19N3O/c1-9-5-6-10(2)13(7-9)8-14(19)16-15-11(3)17-18-12(15)4/h5-7H,8H2,1-4H3,(H,16,19)(H,17,18). The van der Waals surface area contributed by atoms with Crippen molar-refractivity contribution in [2.24, 2.45) is 0 Å². The Morgan fingerprint density at radius 1 is 1.26 bits per heavy atom. The maximum atomic E-state index is 12.1. The van der Waals surface area contributed by atoms with E-state index >= 15 is 0 Å². The van der Waals surface area contributed by atoms with Crippen LogP contribution >= 0.6 is 0 Å². The summed E-state index contributed by atoms with van der Waals surface area (Å²) in [5.74, 6) is -0.0127. The first-order valence-electron chi connectivity index (χ1n) is 6.35. The Balaban J connectivity index is 2.12. The Labute approximate surface area is 113 Å². The first-order valence-corrected chi connectivity index (χ1v) is 6.35. The second kappa shape index (κ2) is 5.26. The van der Waals surface area contributed by atoms with Gasteiger partial charge in [-0.25, -0.2) is 0 Å². The average molecular weight is 257 g/mol. The molecule has 0 bridgehead atoms. The molecule has 0 spiro atoms. The summed E-state index contributed by atoms with van der Waals surface area (Å²) in [6.07, 6.45) is 0.386. The predicted molar refractivity (Wildman–Crippen MR) is 76.3 cm³/mol. The highest BCUT2D eigenvalue weighted by atomic mass is 16.1. The molecule has 1 aromatic heterocycles. The van der Waals surface area contributed by atoms with E-state index in [-0.39, 0.29) is 5.91 Å². The molecule has 0 aliphatic carbocycles. The van der Waals surface area contributed by atoms with Crippen LogP contribution in [0.2, 0.25) is 0 Å². The monoisotopic (exact) mass is 257 g/mol. The van der Waals surface area contributed by atoms with Crippen molar-refractivity contribution >= 4 is 11.6 Å². The van der Waals surface area contributed by atoms with Crippen LogP contribution in [0.5, 0.6) is 0 Å². The molecule has 4 heteroatoms. The third-order valence-corrected chi connectivity index (χ3v) is 3.25. The lowest BCUT2D eigenvalue weighted by Crippen LogP contribution is -2.16. The molecule has 0 radical (unpaired) electrons. The number of aryl methyl sites for hydroxylation is 4. The number of aromatic amines is 1. The van der Waals surface area contributed by atoms with Gasteiger partial charge in [0, 0.05) is 0 Å². The maximum Gasteiger partial charge on any atom is 0.228 e. The summed E-state index contributed by atoms with van der Waals surface area (Å²) in [5.41, 5.74) is 5.86. The second-order valence-corrected chi connectivity index (χ2v) is 4.96. The fraction of sp³-hybridized carbons (Fsp3) is 0.333. The van der Waals surface area contributed by atoms with Gasteiger partial charge in [0.15, 0.2) is 0 Å². The summed E-state index contributed by atoms with van der Waals surface area (Å²) in [5, 5.41) is 9.85. The third-order valence-electron chi connectivity index (χ3n) is 3.25. The first kappa shape index (κ1) is 13.3. The van der Waals surface area contributed by atoms with Crippen LogP contribution in [0.15, 0.2) is 18.2 Å². The zero-order valence-corrected chi connectivity index (χ0v) is 11.8. The number of rotatable bonds is 3. The van der Waals surface area contributed by atoms with E-state index in [0.29, 0.717) is 6.42 Å². The van der Waals surface area contributed by atoms with E-state index in [0.717, 1.165) is 28.2 Å². The van der Waals surface area contributed by atoms with Gasteiger partial charge in [-0.05, 0) is 38.8 Å². The minimum atomic E-state index is -0.0127. The molecule has 1 aromatic carbocycles. The molecule has 2 rings (SSSR count). The van der Waals surface area contributed by atoms with Crippen LogP contribution in [-0.2, 0) is 11.2 Å². The zero-order chi connectivity index (χ0) is 14.0. The van der Waals surface area contributed by atoms with Gasteiger partial charge in [-0.3, -0.25) is 9.89 Å². The summed E-state index contributed by atoms with van der Waals surface area (Å²) >= 11 is 0. The maximum absolute atomic E-state index is 12.1. The van der Waals surface area contributed by atoms with Crippen LogP contribution in [0.25, 0.3) is 0 Å². The number of H-pyrrole nitrogens is 1. The SMILES string of the molecule is Cc1ccc(C)c(CC(=O)Nc2c(C)n[nH]c2C)c1. The molecule has 0 unspecified atom stereocenters. The van der Waals surface area contributed by atoms with E-state index in [1.807, 2.05) is 33.8 Å². The van der Waals surface area contributed by atoms with Crippen molar-refractivity contribution in [3.8, 4) is 0 Å². The van der Waals surface area contributed by atoms with Gasteiger partial charge in [0.05, 0.1) is 23.5 Å². The molecule has 4 nitrogen and oxygen atoms in total. The van der Waals surface area contributed by atoms with Crippen LogP contribution in [-0.4, -0.2) is 16.1 Å².